The molecule has 0 bridgehead atoms. The van der Waals surface area contributed by atoms with Crippen LogP contribution in [-0.4, -0.2) is 13.0 Å². The molecule has 0 aromatic heterocycles. The smallest absolute Gasteiger partial charge is 0.221 e. The molecule has 0 heterocycles. The van der Waals surface area contributed by atoms with Gasteiger partial charge in [-0.25, -0.2) is 0 Å². The van der Waals surface area contributed by atoms with Gasteiger partial charge in [-0.1, -0.05) is 42.5 Å². The lowest BCUT2D eigenvalue weighted by atomic mass is 10.0. The molecule has 1 amide bonds. The maximum atomic E-state index is 11.1. The molecule has 0 aliphatic carbocycles. The van der Waals surface area contributed by atoms with E-state index in [0.29, 0.717) is 0 Å². The number of carbonyl (C=O) groups excluding carboxylic acids is 1. The Morgan fingerprint density at radius 3 is 2.38 bits per heavy atom. The van der Waals surface area contributed by atoms with Crippen molar-refractivity contribution in [3.05, 3.63) is 71.8 Å². The predicted octanol–water partition coefficient (Wildman–Crippen LogP) is 4.52. The number of benzene rings is 3. The number of hydrogen-bond donors (Lipinski definition) is 2. The zero-order valence-corrected chi connectivity index (χ0v) is 15.7. The normalized spacial score (nSPS) is 10.2. The highest BCUT2D eigenvalue weighted by Gasteiger charge is 2.07. The SMILES string of the molecule is COc1ccc2ccccc2c1CNCc1ccc(NC(C)=O)cc1.Cl. The predicted molar refractivity (Wildman–Crippen MR) is 109 cm³/mol. The van der Waals surface area contributed by atoms with Crippen LogP contribution in [-0.2, 0) is 17.9 Å². The van der Waals surface area contributed by atoms with Gasteiger partial charge in [0, 0.05) is 31.3 Å². The maximum Gasteiger partial charge on any atom is 0.221 e. The number of fused-ring (bicyclic) bond motifs is 1. The van der Waals surface area contributed by atoms with Gasteiger partial charge in [0.2, 0.25) is 5.91 Å². The first-order valence-corrected chi connectivity index (χ1v) is 8.29. The van der Waals surface area contributed by atoms with Crippen molar-refractivity contribution < 1.29 is 9.53 Å². The van der Waals surface area contributed by atoms with Gasteiger partial charge in [0.15, 0.2) is 0 Å². The minimum absolute atomic E-state index is 0. The van der Waals surface area contributed by atoms with Crippen molar-refractivity contribution >= 4 is 34.8 Å². The van der Waals surface area contributed by atoms with E-state index in [-0.39, 0.29) is 18.3 Å². The van der Waals surface area contributed by atoms with Crippen LogP contribution in [0.2, 0.25) is 0 Å². The fourth-order valence-corrected chi connectivity index (χ4v) is 2.93. The first kappa shape index (κ1) is 19.8. The van der Waals surface area contributed by atoms with E-state index in [9.17, 15) is 4.79 Å². The van der Waals surface area contributed by atoms with Crippen molar-refractivity contribution in [3.8, 4) is 5.75 Å². The van der Waals surface area contributed by atoms with Crippen LogP contribution >= 0.6 is 12.4 Å². The number of anilines is 1. The van der Waals surface area contributed by atoms with Gasteiger partial charge in [-0.2, -0.15) is 0 Å². The van der Waals surface area contributed by atoms with Gasteiger partial charge in [0.1, 0.15) is 5.75 Å². The molecule has 0 saturated carbocycles. The highest BCUT2D eigenvalue weighted by atomic mass is 35.5. The highest BCUT2D eigenvalue weighted by Crippen LogP contribution is 2.27. The molecule has 0 fully saturated rings. The lowest BCUT2D eigenvalue weighted by molar-refractivity contribution is -0.114. The van der Waals surface area contributed by atoms with Crippen LogP contribution in [0.1, 0.15) is 18.1 Å². The van der Waals surface area contributed by atoms with E-state index in [1.54, 1.807) is 7.11 Å². The van der Waals surface area contributed by atoms with Gasteiger partial charge in [-0.05, 0) is 34.5 Å². The van der Waals surface area contributed by atoms with Crippen molar-refractivity contribution in [3.63, 3.8) is 0 Å². The maximum absolute atomic E-state index is 11.1. The van der Waals surface area contributed by atoms with E-state index in [2.05, 4.69) is 28.8 Å². The van der Waals surface area contributed by atoms with Crippen LogP contribution in [0.25, 0.3) is 10.8 Å². The summed E-state index contributed by atoms with van der Waals surface area (Å²) in [5, 5.41) is 8.66. The van der Waals surface area contributed by atoms with Crippen LogP contribution in [0.5, 0.6) is 5.75 Å². The average molecular weight is 371 g/mol. The summed E-state index contributed by atoms with van der Waals surface area (Å²) in [4.78, 5) is 11.1. The molecule has 0 spiro atoms. The van der Waals surface area contributed by atoms with Crippen molar-refractivity contribution in [2.45, 2.75) is 20.0 Å². The zero-order valence-electron chi connectivity index (χ0n) is 14.9. The lowest BCUT2D eigenvalue weighted by Crippen LogP contribution is -2.14. The van der Waals surface area contributed by atoms with Crippen LogP contribution in [0.15, 0.2) is 60.7 Å². The molecule has 0 aliphatic rings. The van der Waals surface area contributed by atoms with Gasteiger partial charge in [0.25, 0.3) is 0 Å². The third-order valence-corrected chi connectivity index (χ3v) is 4.12. The summed E-state index contributed by atoms with van der Waals surface area (Å²) in [5.41, 5.74) is 3.13. The number of amides is 1. The third-order valence-electron chi connectivity index (χ3n) is 4.12. The van der Waals surface area contributed by atoms with E-state index >= 15 is 0 Å². The van der Waals surface area contributed by atoms with Crippen molar-refractivity contribution in [2.75, 3.05) is 12.4 Å². The Bertz CT molecular complexity index is 879. The standard InChI is InChI=1S/C21H22N2O2.ClH/c1-15(24)23-18-10-7-16(8-11-18)13-22-14-20-19-6-4-3-5-17(19)9-12-21(20)25-2;/h3-12,22H,13-14H2,1-2H3,(H,23,24);1H. The summed E-state index contributed by atoms with van der Waals surface area (Å²) in [5.74, 6) is 0.834. The van der Waals surface area contributed by atoms with Crippen molar-refractivity contribution in [1.29, 1.82) is 0 Å². The monoisotopic (exact) mass is 370 g/mol. The second-order valence-corrected chi connectivity index (χ2v) is 5.95. The Kier molecular flexibility index (Phi) is 7.01. The molecule has 4 nitrogen and oxygen atoms in total. The van der Waals surface area contributed by atoms with Crippen LogP contribution in [0, 0.1) is 0 Å². The van der Waals surface area contributed by atoms with Crippen molar-refractivity contribution in [1.82, 2.24) is 5.32 Å². The molecule has 0 saturated heterocycles. The third kappa shape index (κ3) is 4.75. The number of nitrogens with one attached hydrogen (secondary N) is 2. The van der Waals surface area contributed by atoms with Gasteiger partial charge >= 0.3 is 0 Å². The molecular formula is C21H23ClN2O2. The average Bonchev–Trinajstić information content (AvgIpc) is 2.63. The van der Waals surface area contributed by atoms with E-state index in [1.165, 1.54) is 17.7 Å². The molecular weight excluding hydrogens is 348 g/mol. The van der Waals surface area contributed by atoms with E-state index in [1.807, 2.05) is 42.5 Å². The number of methoxy groups -OCH3 is 1. The Morgan fingerprint density at radius 2 is 1.69 bits per heavy atom. The highest BCUT2D eigenvalue weighted by molar-refractivity contribution is 5.88. The Hall–Kier alpha value is -2.56. The summed E-state index contributed by atoms with van der Waals surface area (Å²) >= 11 is 0. The van der Waals surface area contributed by atoms with Crippen LogP contribution in [0.3, 0.4) is 0 Å². The summed E-state index contributed by atoms with van der Waals surface area (Å²) in [7, 11) is 1.70. The molecule has 3 aromatic rings. The fourth-order valence-electron chi connectivity index (χ4n) is 2.93. The minimum Gasteiger partial charge on any atom is -0.496 e. The molecule has 2 N–H and O–H groups in total. The number of halogens is 1. The number of hydrogen-bond acceptors (Lipinski definition) is 3. The summed E-state index contributed by atoms with van der Waals surface area (Å²) in [6.45, 7) is 2.97. The minimum atomic E-state index is -0.0612. The summed E-state index contributed by atoms with van der Waals surface area (Å²) in [6.07, 6.45) is 0. The van der Waals surface area contributed by atoms with E-state index in [4.69, 9.17) is 4.74 Å². The second-order valence-electron chi connectivity index (χ2n) is 5.95. The topological polar surface area (TPSA) is 50.4 Å². The van der Waals surface area contributed by atoms with E-state index in [0.717, 1.165) is 35.7 Å². The molecule has 0 aliphatic heterocycles. The fraction of sp³-hybridized carbons (Fsp3) is 0.190. The van der Waals surface area contributed by atoms with Gasteiger partial charge in [0.05, 0.1) is 7.11 Å². The second kappa shape index (κ2) is 9.22. The molecule has 0 unspecified atom stereocenters. The van der Waals surface area contributed by atoms with Crippen LogP contribution < -0.4 is 15.4 Å². The molecule has 0 atom stereocenters. The number of ether oxygens (including phenoxy) is 1. The first-order chi connectivity index (χ1) is 12.2. The molecule has 26 heavy (non-hydrogen) atoms. The van der Waals surface area contributed by atoms with Crippen LogP contribution in [0.4, 0.5) is 5.69 Å². The summed E-state index contributed by atoms with van der Waals surface area (Å²) < 4.78 is 5.53. The molecule has 3 rings (SSSR count). The first-order valence-electron chi connectivity index (χ1n) is 8.29. The molecule has 136 valence electrons. The molecule has 3 aromatic carbocycles. The Morgan fingerprint density at radius 1 is 0.962 bits per heavy atom. The quantitative estimate of drug-likeness (QED) is 0.670. The largest absolute Gasteiger partial charge is 0.496 e. The number of rotatable bonds is 6. The zero-order chi connectivity index (χ0) is 17.6. The Labute approximate surface area is 160 Å². The van der Waals surface area contributed by atoms with Crippen molar-refractivity contribution in [2.24, 2.45) is 0 Å². The number of carbonyl (C=O) groups is 1. The molecule has 5 heteroatoms. The van der Waals surface area contributed by atoms with E-state index < -0.39 is 0 Å². The Balaban J connectivity index is 0.00000243. The summed E-state index contributed by atoms with van der Waals surface area (Å²) in [6, 6.07) is 20.3. The molecule has 0 radical (unpaired) electrons. The van der Waals surface area contributed by atoms with Gasteiger partial charge in [-0.3, -0.25) is 4.79 Å². The van der Waals surface area contributed by atoms with Gasteiger partial charge in [-0.15, -0.1) is 12.4 Å². The lowest BCUT2D eigenvalue weighted by Gasteiger charge is -2.13. The van der Waals surface area contributed by atoms with Gasteiger partial charge < -0.3 is 15.4 Å².